The molecular weight excluding hydrogens is 380 g/mol. The summed E-state index contributed by atoms with van der Waals surface area (Å²) in [6.07, 6.45) is 5.81. The van der Waals surface area contributed by atoms with Crippen molar-refractivity contribution < 1.29 is 16.8 Å². The van der Waals surface area contributed by atoms with E-state index in [9.17, 15) is 16.8 Å². The molecule has 4 nitrogen and oxygen atoms in total. The molecule has 2 aromatic carbocycles. The first-order valence-electron chi connectivity index (χ1n) is 8.90. The molecule has 3 aliphatic carbocycles. The molecule has 0 aliphatic heterocycles. The first-order chi connectivity index (χ1) is 12.9. The molecule has 3 aliphatic rings. The Balaban J connectivity index is 1.61. The van der Waals surface area contributed by atoms with Crippen molar-refractivity contribution >= 4 is 19.7 Å². The molecule has 5 rings (SSSR count). The van der Waals surface area contributed by atoms with Gasteiger partial charge in [0, 0.05) is 11.8 Å². The summed E-state index contributed by atoms with van der Waals surface area (Å²) in [7, 11) is -7.21. The SMILES string of the molecule is O=S(=O)(C1=CC2C3CC1C=C[C@@]23S(=O)(=O)c1ccccc1)c1ccccc1. The van der Waals surface area contributed by atoms with Gasteiger partial charge in [0.05, 0.1) is 14.7 Å². The zero-order valence-electron chi connectivity index (χ0n) is 14.4. The number of allylic oxidation sites excluding steroid dienone is 3. The Morgan fingerprint density at radius 2 is 1.41 bits per heavy atom. The largest absolute Gasteiger partial charge is 0.223 e. The van der Waals surface area contributed by atoms with Crippen LogP contribution in [0.25, 0.3) is 0 Å². The highest BCUT2D eigenvalue weighted by Gasteiger charge is 2.73. The highest BCUT2D eigenvalue weighted by atomic mass is 32.2. The van der Waals surface area contributed by atoms with E-state index in [2.05, 4.69) is 0 Å². The molecule has 4 atom stereocenters. The third-order valence-electron chi connectivity index (χ3n) is 6.11. The maximum absolute atomic E-state index is 13.3. The van der Waals surface area contributed by atoms with Crippen LogP contribution in [0.4, 0.5) is 0 Å². The summed E-state index contributed by atoms with van der Waals surface area (Å²) in [5, 5.41) is 0. The standard InChI is InChI=1S/C21H18O4S2/c22-26(23,16-7-3-1-4-8-16)20-14-19-18-13-15(20)11-12-21(18,19)27(24,25)17-9-5-2-6-10-17/h1-12,14-15,18-19H,13H2/t15?,18?,19?,21-/m0/s1. The van der Waals surface area contributed by atoms with Crippen LogP contribution in [0, 0.1) is 17.8 Å². The van der Waals surface area contributed by atoms with Gasteiger partial charge in [0.1, 0.15) is 4.75 Å². The van der Waals surface area contributed by atoms with Crippen LogP contribution in [-0.2, 0) is 19.7 Å². The molecule has 2 aromatic rings. The zero-order chi connectivity index (χ0) is 18.9. The second-order valence-corrected chi connectivity index (χ2v) is 11.5. The van der Waals surface area contributed by atoms with E-state index in [1.54, 1.807) is 78.9 Å². The fourth-order valence-corrected chi connectivity index (χ4v) is 8.76. The van der Waals surface area contributed by atoms with E-state index in [-0.39, 0.29) is 22.6 Å². The summed E-state index contributed by atoms with van der Waals surface area (Å²) >= 11 is 0. The lowest BCUT2D eigenvalue weighted by atomic mass is 9.93. The predicted molar refractivity (Wildman–Crippen MR) is 102 cm³/mol. The highest BCUT2D eigenvalue weighted by Crippen LogP contribution is 2.68. The van der Waals surface area contributed by atoms with E-state index in [4.69, 9.17) is 0 Å². The maximum atomic E-state index is 13.3. The molecule has 0 spiro atoms. The molecular formula is C21H18O4S2. The number of hydrogen-bond donors (Lipinski definition) is 0. The summed E-state index contributed by atoms with van der Waals surface area (Å²) in [5.41, 5.74) is 0. The first kappa shape index (κ1) is 17.0. The number of fused-ring (bicyclic) bond motifs is 2. The minimum Gasteiger partial charge on any atom is -0.223 e. The van der Waals surface area contributed by atoms with E-state index in [1.165, 1.54) is 0 Å². The van der Waals surface area contributed by atoms with Gasteiger partial charge < -0.3 is 0 Å². The molecule has 0 N–H and O–H groups in total. The lowest BCUT2D eigenvalue weighted by molar-refractivity contribution is 0.537. The van der Waals surface area contributed by atoms with Crippen LogP contribution >= 0.6 is 0 Å². The van der Waals surface area contributed by atoms with Crippen molar-refractivity contribution in [2.24, 2.45) is 17.8 Å². The Morgan fingerprint density at radius 1 is 0.815 bits per heavy atom. The molecule has 27 heavy (non-hydrogen) atoms. The summed E-state index contributed by atoms with van der Waals surface area (Å²) in [5.74, 6) is -0.586. The minimum absolute atomic E-state index is 0.0487. The van der Waals surface area contributed by atoms with Crippen LogP contribution in [0.5, 0.6) is 0 Å². The fourth-order valence-electron chi connectivity index (χ4n) is 4.72. The summed E-state index contributed by atoms with van der Waals surface area (Å²) in [6, 6.07) is 16.8. The smallest absolute Gasteiger partial charge is 0.203 e. The van der Waals surface area contributed by atoms with E-state index in [1.807, 2.05) is 0 Å². The van der Waals surface area contributed by atoms with E-state index in [0.717, 1.165) is 0 Å². The van der Waals surface area contributed by atoms with Crippen molar-refractivity contribution in [1.29, 1.82) is 0 Å². The molecule has 0 heterocycles. The first-order valence-corrected chi connectivity index (χ1v) is 11.9. The van der Waals surface area contributed by atoms with E-state index in [0.29, 0.717) is 16.2 Å². The lowest BCUT2D eigenvalue weighted by Crippen LogP contribution is -2.27. The maximum Gasteiger partial charge on any atom is 0.203 e. The van der Waals surface area contributed by atoms with Gasteiger partial charge in [0.15, 0.2) is 9.84 Å². The number of hydrogen-bond acceptors (Lipinski definition) is 4. The van der Waals surface area contributed by atoms with Crippen molar-refractivity contribution in [2.45, 2.75) is 21.0 Å². The molecule has 0 aromatic heterocycles. The quantitative estimate of drug-likeness (QED) is 0.741. The highest BCUT2D eigenvalue weighted by molar-refractivity contribution is 7.95. The Morgan fingerprint density at radius 3 is 2.04 bits per heavy atom. The zero-order valence-corrected chi connectivity index (χ0v) is 16.0. The van der Waals surface area contributed by atoms with Gasteiger partial charge in [-0.25, -0.2) is 16.8 Å². The van der Waals surface area contributed by atoms with Gasteiger partial charge in [-0.15, -0.1) is 0 Å². The normalized spacial score (nSPS) is 31.3. The van der Waals surface area contributed by atoms with Gasteiger partial charge in [0.25, 0.3) is 0 Å². The van der Waals surface area contributed by atoms with E-state index >= 15 is 0 Å². The average molecular weight is 399 g/mol. The summed E-state index contributed by atoms with van der Waals surface area (Å²) in [4.78, 5) is 0.893. The van der Waals surface area contributed by atoms with Gasteiger partial charge in [-0.05, 0) is 36.6 Å². The third kappa shape index (κ3) is 2.14. The van der Waals surface area contributed by atoms with Crippen molar-refractivity contribution in [1.82, 2.24) is 0 Å². The topological polar surface area (TPSA) is 68.3 Å². The Hall–Kier alpha value is -2.18. The van der Waals surface area contributed by atoms with Crippen LogP contribution in [0.1, 0.15) is 6.42 Å². The third-order valence-corrected chi connectivity index (χ3v) is 10.6. The molecule has 0 radical (unpaired) electrons. The van der Waals surface area contributed by atoms with Crippen molar-refractivity contribution in [3.05, 3.63) is 83.8 Å². The molecule has 6 heteroatoms. The van der Waals surface area contributed by atoms with Crippen molar-refractivity contribution in [2.75, 3.05) is 0 Å². The molecule has 0 amide bonds. The second kappa shape index (κ2) is 5.42. The van der Waals surface area contributed by atoms with Gasteiger partial charge in [-0.2, -0.15) is 0 Å². The number of rotatable bonds is 4. The van der Waals surface area contributed by atoms with Crippen molar-refractivity contribution in [3.63, 3.8) is 0 Å². The molecule has 0 saturated heterocycles. The molecule has 3 unspecified atom stereocenters. The van der Waals surface area contributed by atoms with Crippen LogP contribution in [0.2, 0.25) is 0 Å². The number of sulfone groups is 2. The number of benzene rings is 2. The molecule has 1 saturated carbocycles. The Kier molecular flexibility index (Phi) is 3.41. The Labute approximate surface area is 159 Å². The molecule has 2 bridgehead atoms. The van der Waals surface area contributed by atoms with Gasteiger partial charge in [-0.3, -0.25) is 0 Å². The van der Waals surface area contributed by atoms with Crippen LogP contribution in [-0.4, -0.2) is 21.6 Å². The fraction of sp³-hybridized carbons (Fsp3) is 0.238. The van der Waals surface area contributed by atoms with Crippen LogP contribution in [0.15, 0.2) is 93.6 Å². The summed E-state index contributed by atoms with van der Waals surface area (Å²) < 4.78 is 51.9. The van der Waals surface area contributed by atoms with Gasteiger partial charge >= 0.3 is 0 Å². The van der Waals surface area contributed by atoms with Gasteiger partial charge in [0.2, 0.25) is 9.84 Å². The average Bonchev–Trinajstić information content (AvgIpc) is 3.41. The van der Waals surface area contributed by atoms with Crippen molar-refractivity contribution in [3.8, 4) is 0 Å². The molecule has 1 fully saturated rings. The lowest BCUT2D eigenvalue weighted by Gasteiger charge is -2.24. The van der Waals surface area contributed by atoms with Crippen LogP contribution in [0.3, 0.4) is 0 Å². The molecule has 138 valence electrons. The minimum atomic E-state index is -3.62. The predicted octanol–water partition coefficient (Wildman–Crippen LogP) is 3.39. The second-order valence-electron chi connectivity index (χ2n) is 7.39. The van der Waals surface area contributed by atoms with E-state index < -0.39 is 24.4 Å². The monoisotopic (exact) mass is 398 g/mol. The van der Waals surface area contributed by atoms with Crippen LogP contribution < -0.4 is 0 Å². The van der Waals surface area contributed by atoms with Gasteiger partial charge in [-0.1, -0.05) is 54.6 Å². The Bertz CT molecular complexity index is 1180. The summed E-state index contributed by atoms with van der Waals surface area (Å²) in [6.45, 7) is 0.